The van der Waals surface area contributed by atoms with Crippen LogP contribution in [0.15, 0.2) is 0 Å². The monoisotopic (exact) mass is 179 g/mol. The van der Waals surface area contributed by atoms with E-state index >= 15 is 0 Å². The summed E-state index contributed by atoms with van der Waals surface area (Å²) >= 11 is 0. The molecule has 0 aromatic carbocycles. The molecule has 0 N–H and O–H groups in total. The fourth-order valence-electron chi connectivity index (χ4n) is 2.95. The van der Waals surface area contributed by atoms with E-state index in [-0.39, 0.29) is 18.0 Å². The summed E-state index contributed by atoms with van der Waals surface area (Å²) in [5, 5.41) is 0. The van der Waals surface area contributed by atoms with Gasteiger partial charge in [-0.3, -0.25) is 4.79 Å². The number of cyclic esters (lactones) is 1. The van der Waals surface area contributed by atoms with Crippen molar-refractivity contribution < 1.29 is 9.53 Å². The summed E-state index contributed by atoms with van der Waals surface area (Å²) in [6.07, 6.45) is 3.59. The van der Waals surface area contributed by atoms with Gasteiger partial charge >= 0.3 is 5.97 Å². The van der Waals surface area contributed by atoms with E-state index in [0.717, 1.165) is 6.42 Å². The SMILES string of the molecule is C[B][C@H]1CCC[C@H]2C(=O)O[C@H](C)[C@@H]12. The summed E-state index contributed by atoms with van der Waals surface area (Å²) in [7, 11) is 2.25. The van der Waals surface area contributed by atoms with Crippen LogP contribution in [-0.4, -0.2) is 19.4 Å². The topological polar surface area (TPSA) is 26.3 Å². The van der Waals surface area contributed by atoms with E-state index in [1.807, 2.05) is 6.92 Å². The van der Waals surface area contributed by atoms with Gasteiger partial charge in [0, 0.05) is 5.92 Å². The number of carbonyl (C=O) groups excluding carboxylic acids is 1. The lowest BCUT2D eigenvalue weighted by Crippen LogP contribution is -2.30. The zero-order valence-corrected chi connectivity index (χ0v) is 8.32. The van der Waals surface area contributed by atoms with Crippen LogP contribution in [0.1, 0.15) is 26.2 Å². The zero-order chi connectivity index (χ0) is 9.42. The van der Waals surface area contributed by atoms with Crippen LogP contribution in [0.5, 0.6) is 0 Å². The molecule has 71 valence electrons. The Balaban J connectivity index is 2.17. The van der Waals surface area contributed by atoms with Crippen LogP contribution in [0.25, 0.3) is 0 Å². The third-order valence-electron chi connectivity index (χ3n) is 3.59. The summed E-state index contributed by atoms with van der Waals surface area (Å²) < 4.78 is 5.28. The van der Waals surface area contributed by atoms with Gasteiger partial charge in [0.2, 0.25) is 0 Å². The maximum atomic E-state index is 11.4. The summed E-state index contributed by atoms with van der Waals surface area (Å²) in [6.45, 7) is 4.13. The molecule has 2 nitrogen and oxygen atoms in total. The highest BCUT2D eigenvalue weighted by Gasteiger charge is 2.47. The van der Waals surface area contributed by atoms with Gasteiger partial charge in [-0.15, -0.1) is 0 Å². The van der Waals surface area contributed by atoms with Gasteiger partial charge in [-0.05, 0) is 13.3 Å². The second-order valence-corrected chi connectivity index (χ2v) is 4.25. The van der Waals surface area contributed by atoms with Gasteiger partial charge in [0.05, 0.1) is 5.92 Å². The molecule has 1 saturated carbocycles. The lowest BCUT2D eigenvalue weighted by molar-refractivity contribution is -0.143. The Morgan fingerprint density at radius 3 is 2.92 bits per heavy atom. The van der Waals surface area contributed by atoms with E-state index in [0.29, 0.717) is 11.7 Å². The Morgan fingerprint density at radius 2 is 2.23 bits per heavy atom. The lowest BCUT2D eigenvalue weighted by atomic mass is 9.53. The Bertz CT molecular complexity index is 217. The van der Waals surface area contributed by atoms with Crippen LogP contribution in [0.2, 0.25) is 12.6 Å². The van der Waals surface area contributed by atoms with Crippen LogP contribution in [0, 0.1) is 11.8 Å². The van der Waals surface area contributed by atoms with Crippen molar-refractivity contribution in [2.24, 2.45) is 11.8 Å². The predicted molar refractivity (Wildman–Crippen MR) is 51.8 cm³/mol. The van der Waals surface area contributed by atoms with E-state index in [2.05, 4.69) is 14.1 Å². The Labute approximate surface area is 80.3 Å². The highest BCUT2D eigenvalue weighted by Crippen LogP contribution is 2.45. The standard InChI is InChI=1S/C10H16BO2/c1-6-9-7(10(12)13-6)4-3-5-8(9)11-2/h6-9H,3-5H2,1-2H3/t6-,7-,8+,9-/m1/s1. The molecule has 1 aliphatic heterocycles. The molecule has 2 fully saturated rings. The van der Waals surface area contributed by atoms with Gasteiger partial charge in [0.15, 0.2) is 0 Å². The van der Waals surface area contributed by atoms with Crippen LogP contribution < -0.4 is 0 Å². The van der Waals surface area contributed by atoms with Gasteiger partial charge in [0.1, 0.15) is 13.4 Å². The number of hydrogen-bond acceptors (Lipinski definition) is 2. The van der Waals surface area contributed by atoms with Gasteiger partial charge in [0.25, 0.3) is 0 Å². The second kappa shape index (κ2) is 3.35. The molecular formula is C10H16BO2. The number of ether oxygens (including phenoxy) is 1. The van der Waals surface area contributed by atoms with Crippen molar-refractivity contribution >= 4 is 13.2 Å². The van der Waals surface area contributed by atoms with Gasteiger partial charge < -0.3 is 4.74 Å². The molecule has 2 aliphatic rings. The molecule has 0 amide bonds. The molecule has 1 aliphatic carbocycles. The third kappa shape index (κ3) is 1.38. The first kappa shape index (κ1) is 9.10. The summed E-state index contributed by atoms with van der Waals surface area (Å²) in [5.74, 6) is 1.31. The van der Waals surface area contributed by atoms with E-state index < -0.39 is 0 Å². The number of rotatable bonds is 1. The van der Waals surface area contributed by atoms with Crippen LogP contribution in [-0.2, 0) is 9.53 Å². The van der Waals surface area contributed by atoms with E-state index in [9.17, 15) is 4.79 Å². The van der Waals surface area contributed by atoms with Crippen molar-refractivity contribution in [3.8, 4) is 0 Å². The fourth-order valence-corrected chi connectivity index (χ4v) is 2.95. The van der Waals surface area contributed by atoms with Gasteiger partial charge in [-0.2, -0.15) is 0 Å². The van der Waals surface area contributed by atoms with E-state index in [1.165, 1.54) is 12.8 Å². The molecule has 0 spiro atoms. The van der Waals surface area contributed by atoms with Crippen molar-refractivity contribution in [2.75, 3.05) is 0 Å². The predicted octanol–water partition coefficient (Wildman–Crippen LogP) is 1.89. The number of hydrogen-bond donors (Lipinski definition) is 0. The molecule has 1 heterocycles. The largest absolute Gasteiger partial charge is 0.462 e. The molecule has 0 aromatic heterocycles. The highest BCUT2D eigenvalue weighted by atomic mass is 16.6. The number of fused-ring (bicyclic) bond motifs is 1. The van der Waals surface area contributed by atoms with E-state index in [4.69, 9.17) is 4.74 Å². The molecule has 1 radical (unpaired) electrons. The molecule has 2 rings (SSSR count). The summed E-state index contributed by atoms with van der Waals surface area (Å²) in [5.41, 5.74) is 0. The Hall–Kier alpha value is -0.465. The first-order valence-corrected chi connectivity index (χ1v) is 5.24. The maximum absolute atomic E-state index is 11.4. The van der Waals surface area contributed by atoms with Crippen LogP contribution in [0.4, 0.5) is 0 Å². The quantitative estimate of drug-likeness (QED) is 0.453. The van der Waals surface area contributed by atoms with Crippen molar-refractivity contribution in [1.29, 1.82) is 0 Å². The van der Waals surface area contributed by atoms with Gasteiger partial charge in [-0.25, -0.2) is 0 Å². The lowest BCUT2D eigenvalue weighted by Gasteiger charge is -2.31. The molecule has 0 unspecified atom stereocenters. The smallest absolute Gasteiger partial charge is 0.309 e. The molecule has 3 heteroatoms. The molecule has 1 saturated heterocycles. The molecule has 13 heavy (non-hydrogen) atoms. The van der Waals surface area contributed by atoms with Gasteiger partial charge in [-0.1, -0.05) is 25.5 Å². The van der Waals surface area contributed by atoms with Crippen molar-refractivity contribution in [1.82, 2.24) is 0 Å². The minimum Gasteiger partial charge on any atom is -0.462 e. The third-order valence-corrected chi connectivity index (χ3v) is 3.59. The second-order valence-electron chi connectivity index (χ2n) is 4.25. The maximum Gasteiger partial charge on any atom is 0.309 e. The molecule has 4 atom stereocenters. The summed E-state index contributed by atoms with van der Waals surface area (Å²) in [6, 6.07) is 0. The minimum atomic E-state index is 0.0454. The average molecular weight is 179 g/mol. The first-order valence-electron chi connectivity index (χ1n) is 5.24. The molecule has 0 aromatic rings. The normalized spacial score (nSPS) is 44.0. The molecule has 0 bridgehead atoms. The first-order chi connectivity index (χ1) is 6.24. The van der Waals surface area contributed by atoms with Crippen molar-refractivity contribution in [3.63, 3.8) is 0 Å². The number of carbonyl (C=O) groups is 1. The zero-order valence-electron chi connectivity index (χ0n) is 8.32. The Kier molecular flexibility index (Phi) is 2.35. The van der Waals surface area contributed by atoms with Crippen LogP contribution in [0.3, 0.4) is 0 Å². The Morgan fingerprint density at radius 1 is 1.46 bits per heavy atom. The number of esters is 1. The molecular weight excluding hydrogens is 163 g/mol. The van der Waals surface area contributed by atoms with E-state index in [1.54, 1.807) is 0 Å². The highest BCUT2D eigenvalue weighted by molar-refractivity contribution is 6.35. The van der Waals surface area contributed by atoms with Crippen LogP contribution >= 0.6 is 0 Å². The fraction of sp³-hybridized carbons (Fsp3) is 0.900. The summed E-state index contributed by atoms with van der Waals surface area (Å²) in [4.78, 5) is 11.4. The van der Waals surface area contributed by atoms with Crippen molar-refractivity contribution in [2.45, 2.75) is 44.9 Å². The minimum absolute atomic E-state index is 0.0454. The average Bonchev–Trinajstić information content (AvgIpc) is 2.43. The van der Waals surface area contributed by atoms with Crippen molar-refractivity contribution in [3.05, 3.63) is 0 Å².